The molecule has 18 heavy (non-hydrogen) atoms. The molecule has 0 radical (unpaired) electrons. The Morgan fingerprint density at radius 2 is 1.89 bits per heavy atom. The second kappa shape index (κ2) is 6.04. The van der Waals surface area contributed by atoms with Crippen molar-refractivity contribution in [3.8, 4) is 0 Å². The summed E-state index contributed by atoms with van der Waals surface area (Å²) in [7, 11) is 0. The first-order valence-electron chi connectivity index (χ1n) is 5.51. The van der Waals surface area contributed by atoms with E-state index < -0.39 is 0 Å². The first-order chi connectivity index (χ1) is 8.70. The average molecular weight is 355 g/mol. The third-order valence-electron chi connectivity index (χ3n) is 2.55. The molecule has 0 N–H and O–H groups in total. The molecule has 2 aromatic rings. The standard InChI is InChI=1S/C14H11FINO/c15-13-3-1-11(2-4-13)14(18)12-7-10(5-6-16)8-17-9-12/h1-4,7-9H,5-6H2. The van der Waals surface area contributed by atoms with Crippen LogP contribution in [-0.4, -0.2) is 15.2 Å². The molecule has 0 bridgehead atoms. The lowest BCUT2D eigenvalue weighted by Gasteiger charge is -2.03. The van der Waals surface area contributed by atoms with E-state index >= 15 is 0 Å². The SMILES string of the molecule is O=C(c1ccc(F)cc1)c1cncc(CCI)c1. The number of aryl methyl sites for hydroxylation is 1. The molecule has 0 aliphatic heterocycles. The van der Waals surface area contributed by atoms with E-state index in [1.165, 1.54) is 24.3 Å². The van der Waals surface area contributed by atoms with Gasteiger partial charge in [-0.3, -0.25) is 9.78 Å². The Kier molecular flexibility index (Phi) is 4.41. The Bertz CT molecular complexity index is 554. The summed E-state index contributed by atoms with van der Waals surface area (Å²) >= 11 is 2.28. The van der Waals surface area contributed by atoms with Gasteiger partial charge in [0.1, 0.15) is 5.82 Å². The maximum Gasteiger partial charge on any atom is 0.194 e. The van der Waals surface area contributed by atoms with Gasteiger partial charge in [0.05, 0.1) is 0 Å². The zero-order valence-electron chi connectivity index (χ0n) is 9.57. The lowest BCUT2D eigenvalue weighted by molar-refractivity contribution is 0.103. The first-order valence-corrected chi connectivity index (χ1v) is 7.03. The van der Waals surface area contributed by atoms with Crippen LogP contribution in [0.3, 0.4) is 0 Å². The summed E-state index contributed by atoms with van der Waals surface area (Å²) in [6.45, 7) is 0. The number of hydrogen-bond donors (Lipinski definition) is 0. The van der Waals surface area contributed by atoms with Gasteiger partial charge in [-0.05, 0) is 42.3 Å². The molecule has 2 rings (SSSR count). The number of aromatic nitrogens is 1. The molecule has 0 fully saturated rings. The van der Waals surface area contributed by atoms with Crippen molar-refractivity contribution >= 4 is 28.4 Å². The molecule has 0 aliphatic carbocycles. The first kappa shape index (κ1) is 13.1. The summed E-state index contributed by atoms with van der Waals surface area (Å²) in [6, 6.07) is 7.40. The molecule has 0 spiro atoms. The van der Waals surface area contributed by atoms with Crippen LogP contribution in [0.4, 0.5) is 4.39 Å². The second-order valence-corrected chi connectivity index (χ2v) is 4.94. The van der Waals surface area contributed by atoms with Crippen molar-refractivity contribution in [2.24, 2.45) is 0 Å². The summed E-state index contributed by atoms with van der Waals surface area (Å²) in [6.07, 6.45) is 4.20. The second-order valence-electron chi connectivity index (χ2n) is 3.86. The zero-order valence-corrected chi connectivity index (χ0v) is 11.7. The maximum atomic E-state index is 12.8. The lowest BCUT2D eigenvalue weighted by Crippen LogP contribution is -2.03. The van der Waals surface area contributed by atoms with Gasteiger partial charge in [0, 0.05) is 27.9 Å². The van der Waals surface area contributed by atoms with Crippen molar-refractivity contribution in [1.29, 1.82) is 0 Å². The van der Waals surface area contributed by atoms with E-state index in [1.807, 2.05) is 6.07 Å². The van der Waals surface area contributed by atoms with Crippen molar-refractivity contribution in [1.82, 2.24) is 4.98 Å². The molecule has 1 heterocycles. The highest BCUT2D eigenvalue weighted by Gasteiger charge is 2.10. The molecule has 0 saturated carbocycles. The number of carbonyl (C=O) groups excluding carboxylic acids is 1. The number of pyridine rings is 1. The normalized spacial score (nSPS) is 10.3. The monoisotopic (exact) mass is 355 g/mol. The number of benzene rings is 1. The molecule has 0 aliphatic rings. The van der Waals surface area contributed by atoms with Gasteiger partial charge >= 0.3 is 0 Å². The minimum Gasteiger partial charge on any atom is -0.289 e. The van der Waals surface area contributed by atoms with E-state index in [4.69, 9.17) is 0 Å². The number of carbonyl (C=O) groups is 1. The fraction of sp³-hybridized carbons (Fsp3) is 0.143. The molecular formula is C14H11FINO. The lowest BCUT2D eigenvalue weighted by atomic mass is 10.0. The minimum absolute atomic E-state index is 0.127. The van der Waals surface area contributed by atoms with Gasteiger partial charge in [0.25, 0.3) is 0 Å². The van der Waals surface area contributed by atoms with Crippen LogP contribution in [0.15, 0.2) is 42.7 Å². The molecule has 92 valence electrons. The quantitative estimate of drug-likeness (QED) is 0.478. The summed E-state index contributed by atoms with van der Waals surface area (Å²) in [5, 5.41) is 0. The van der Waals surface area contributed by atoms with Gasteiger partial charge in [0.15, 0.2) is 5.78 Å². The largest absolute Gasteiger partial charge is 0.289 e. The third-order valence-corrected chi connectivity index (χ3v) is 3.09. The fourth-order valence-corrected chi connectivity index (χ4v) is 2.25. The molecule has 0 saturated heterocycles. The maximum absolute atomic E-state index is 12.8. The van der Waals surface area contributed by atoms with Crippen molar-refractivity contribution in [3.05, 3.63) is 65.2 Å². The predicted molar refractivity (Wildman–Crippen MR) is 76.7 cm³/mol. The average Bonchev–Trinajstić information content (AvgIpc) is 2.39. The van der Waals surface area contributed by atoms with Gasteiger partial charge in [0.2, 0.25) is 0 Å². The van der Waals surface area contributed by atoms with Crippen LogP contribution >= 0.6 is 22.6 Å². The third kappa shape index (κ3) is 3.13. The Morgan fingerprint density at radius 1 is 1.17 bits per heavy atom. The van der Waals surface area contributed by atoms with Gasteiger partial charge in [-0.15, -0.1) is 0 Å². The fourth-order valence-electron chi connectivity index (χ4n) is 1.63. The highest BCUT2D eigenvalue weighted by atomic mass is 127. The highest BCUT2D eigenvalue weighted by Crippen LogP contribution is 2.12. The number of ketones is 1. The Hall–Kier alpha value is -1.30. The molecule has 0 unspecified atom stereocenters. The summed E-state index contributed by atoms with van der Waals surface area (Å²) in [5.41, 5.74) is 2.06. The number of alkyl halides is 1. The van der Waals surface area contributed by atoms with Gasteiger partial charge in [-0.1, -0.05) is 22.6 Å². The molecule has 1 aromatic heterocycles. The van der Waals surface area contributed by atoms with Crippen LogP contribution in [0.1, 0.15) is 21.5 Å². The highest BCUT2D eigenvalue weighted by molar-refractivity contribution is 14.1. The Balaban J connectivity index is 2.28. The Labute approximate surface area is 118 Å². The van der Waals surface area contributed by atoms with Gasteiger partial charge in [-0.25, -0.2) is 4.39 Å². The molecule has 0 amide bonds. The zero-order chi connectivity index (χ0) is 13.0. The van der Waals surface area contributed by atoms with E-state index in [1.54, 1.807) is 12.4 Å². The molecule has 4 heteroatoms. The smallest absolute Gasteiger partial charge is 0.194 e. The van der Waals surface area contributed by atoms with Gasteiger partial charge in [-0.2, -0.15) is 0 Å². The van der Waals surface area contributed by atoms with E-state index in [2.05, 4.69) is 27.6 Å². The van der Waals surface area contributed by atoms with E-state index in [-0.39, 0.29) is 11.6 Å². The van der Waals surface area contributed by atoms with Crippen molar-refractivity contribution in [3.63, 3.8) is 0 Å². The topological polar surface area (TPSA) is 30.0 Å². The van der Waals surface area contributed by atoms with Crippen LogP contribution in [-0.2, 0) is 6.42 Å². The van der Waals surface area contributed by atoms with Crippen LogP contribution in [0.2, 0.25) is 0 Å². The Morgan fingerprint density at radius 3 is 2.56 bits per heavy atom. The number of halogens is 2. The number of rotatable bonds is 4. The molecule has 1 aromatic carbocycles. The molecule has 2 nitrogen and oxygen atoms in total. The summed E-state index contributed by atoms with van der Waals surface area (Å²) in [4.78, 5) is 16.2. The summed E-state index contributed by atoms with van der Waals surface area (Å²) in [5.74, 6) is -0.471. The molecular weight excluding hydrogens is 344 g/mol. The number of nitrogens with zero attached hydrogens (tertiary/aromatic N) is 1. The van der Waals surface area contributed by atoms with Crippen LogP contribution in [0.5, 0.6) is 0 Å². The van der Waals surface area contributed by atoms with Gasteiger partial charge < -0.3 is 0 Å². The number of hydrogen-bond acceptors (Lipinski definition) is 2. The van der Waals surface area contributed by atoms with Crippen LogP contribution in [0.25, 0.3) is 0 Å². The van der Waals surface area contributed by atoms with Crippen LogP contribution in [0, 0.1) is 5.82 Å². The van der Waals surface area contributed by atoms with Crippen LogP contribution < -0.4 is 0 Å². The van der Waals surface area contributed by atoms with Crippen molar-refractivity contribution < 1.29 is 9.18 Å². The minimum atomic E-state index is -0.344. The van der Waals surface area contributed by atoms with E-state index in [0.717, 1.165) is 16.4 Å². The van der Waals surface area contributed by atoms with Crippen molar-refractivity contribution in [2.45, 2.75) is 6.42 Å². The molecule has 0 atom stereocenters. The summed E-state index contributed by atoms with van der Waals surface area (Å²) < 4.78 is 13.8. The predicted octanol–water partition coefficient (Wildman–Crippen LogP) is 3.43. The van der Waals surface area contributed by atoms with E-state index in [9.17, 15) is 9.18 Å². The van der Waals surface area contributed by atoms with E-state index in [0.29, 0.717) is 11.1 Å². The van der Waals surface area contributed by atoms with Crippen molar-refractivity contribution in [2.75, 3.05) is 4.43 Å².